The Morgan fingerprint density at radius 3 is 0.576 bits per heavy atom. The van der Waals surface area contributed by atoms with E-state index in [4.69, 9.17) is 43.4 Å². The second-order valence-electron chi connectivity index (χ2n) is 33.7. The predicted octanol–water partition coefficient (Wildman–Crippen LogP) is 19.7. The lowest BCUT2D eigenvalue weighted by Crippen LogP contribution is -2.17. The molecule has 99 heavy (non-hydrogen) atoms. The monoisotopic (exact) mass is 1340 g/mol. The van der Waals surface area contributed by atoms with Crippen LogP contribution in [0, 0.1) is 0 Å². The van der Waals surface area contributed by atoms with Crippen LogP contribution in [0.2, 0.25) is 0 Å². The molecule has 0 amide bonds. The van der Waals surface area contributed by atoms with Crippen LogP contribution in [-0.4, -0.2) is 50.0 Å². The van der Waals surface area contributed by atoms with Crippen molar-refractivity contribution in [2.24, 2.45) is 0 Å². The SMILES string of the molecule is CCn1ccnc1COc1c2cc(C(C)(C)C)cc1Cc1cc(C(C)(C)C)cc(c1OC)Cc1cc(C(C)(C)C)cc(c1OCc1nccn1CC)Cc1cc(C(C)(C)C)cc(c1OC)Cc1cc(C(C)(C)C)cc(c1OCc1nccn1CC)Cc1cc(C(C)(C)C)cc(c1OC)C2. The Balaban J connectivity index is 1.35. The number of methoxy groups -OCH3 is 3. The van der Waals surface area contributed by atoms with Crippen molar-refractivity contribution in [3.05, 3.63) is 228 Å². The van der Waals surface area contributed by atoms with E-state index in [1.807, 2.05) is 58.5 Å². The molecule has 528 valence electrons. The van der Waals surface area contributed by atoms with Gasteiger partial charge in [0, 0.05) is 95.3 Å². The van der Waals surface area contributed by atoms with Gasteiger partial charge in [0.05, 0.1) is 21.3 Å². The fourth-order valence-electron chi connectivity index (χ4n) is 14.0. The molecule has 0 aliphatic heterocycles. The molecule has 0 atom stereocenters. The molecule has 0 saturated carbocycles. The van der Waals surface area contributed by atoms with E-state index in [1.165, 1.54) is 33.4 Å². The maximum atomic E-state index is 7.44. The van der Waals surface area contributed by atoms with E-state index in [2.05, 4.69) is 232 Å². The van der Waals surface area contributed by atoms with E-state index in [0.29, 0.717) is 38.5 Å². The van der Waals surface area contributed by atoms with Crippen LogP contribution in [0.1, 0.15) is 263 Å². The highest BCUT2D eigenvalue weighted by atomic mass is 16.5. The first kappa shape index (κ1) is 73.5. The first-order chi connectivity index (χ1) is 46.5. The Morgan fingerprint density at radius 1 is 0.273 bits per heavy atom. The molecular weight excluding hydrogens is 1220 g/mol. The molecule has 1 aliphatic rings. The van der Waals surface area contributed by atoms with Crippen LogP contribution in [0.3, 0.4) is 0 Å². The average Bonchev–Trinajstić information content (AvgIpc) is 1.13. The molecule has 0 fully saturated rings. The van der Waals surface area contributed by atoms with Gasteiger partial charge in [-0.05, 0) is 153 Å². The van der Waals surface area contributed by atoms with E-state index in [0.717, 1.165) is 138 Å². The fraction of sp³-hybridized carbons (Fsp3) is 0.483. The third kappa shape index (κ3) is 16.5. The Kier molecular flexibility index (Phi) is 21.4. The van der Waals surface area contributed by atoms with Gasteiger partial charge in [-0.1, -0.05) is 197 Å². The lowest BCUT2D eigenvalue weighted by Gasteiger charge is -2.29. The lowest BCUT2D eigenvalue weighted by molar-refractivity contribution is 0.284. The summed E-state index contributed by atoms with van der Waals surface area (Å²) in [4.78, 5) is 14.6. The summed E-state index contributed by atoms with van der Waals surface area (Å²) in [6.45, 7) is 51.2. The number of rotatable bonds is 15. The number of benzene rings is 6. The summed E-state index contributed by atoms with van der Waals surface area (Å²) in [7, 11) is 5.50. The maximum Gasteiger partial charge on any atom is 0.146 e. The summed E-state index contributed by atoms with van der Waals surface area (Å²) in [6, 6.07) is 28.6. The highest BCUT2D eigenvalue weighted by molar-refractivity contribution is 5.62. The Labute approximate surface area is 593 Å². The van der Waals surface area contributed by atoms with Crippen molar-refractivity contribution >= 4 is 0 Å². The quantitative estimate of drug-likeness (QED) is 0.0991. The maximum absolute atomic E-state index is 7.44. The van der Waals surface area contributed by atoms with Crippen molar-refractivity contribution in [2.75, 3.05) is 21.3 Å². The summed E-state index contributed by atoms with van der Waals surface area (Å²) in [5, 5.41) is 0. The summed E-state index contributed by atoms with van der Waals surface area (Å²) in [5.41, 5.74) is 18.7. The molecule has 0 radical (unpaired) electrons. The molecule has 6 aromatic carbocycles. The molecule has 0 spiro atoms. The van der Waals surface area contributed by atoms with E-state index in [1.54, 1.807) is 0 Å². The van der Waals surface area contributed by atoms with E-state index < -0.39 is 0 Å². The zero-order valence-corrected chi connectivity index (χ0v) is 64.5. The van der Waals surface area contributed by atoms with Crippen LogP contribution in [0.5, 0.6) is 34.5 Å². The molecule has 3 aromatic heterocycles. The van der Waals surface area contributed by atoms with Crippen molar-refractivity contribution < 1.29 is 28.4 Å². The molecule has 10 rings (SSSR count). The molecule has 9 aromatic rings. The van der Waals surface area contributed by atoms with Gasteiger partial charge in [0.1, 0.15) is 71.8 Å². The number of hydrogen-bond acceptors (Lipinski definition) is 9. The summed E-state index contributed by atoms with van der Waals surface area (Å²) in [5.74, 6) is 7.60. The van der Waals surface area contributed by atoms with Gasteiger partial charge in [0.15, 0.2) is 0 Å². The number of aromatic nitrogens is 6. The highest BCUT2D eigenvalue weighted by Crippen LogP contribution is 2.47. The van der Waals surface area contributed by atoms with E-state index in [-0.39, 0.29) is 52.3 Å². The van der Waals surface area contributed by atoms with E-state index in [9.17, 15) is 0 Å². The molecular formula is C87H114N6O6. The number of fused-ring (bicyclic) bond motifs is 12. The minimum absolute atomic E-state index is 0.235. The lowest BCUT2D eigenvalue weighted by atomic mass is 9.79. The summed E-state index contributed by atoms with van der Waals surface area (Å²) in [6.07, 6.45) is 14.9. The third-order valence-corrected chi connectivity index (χ3v) is 20.0. The third-order valence-electron chi connectivity index (χ3n) is 20.0. The zero-order valence-electron chi connectivity index (χ0n) is 64.5. The molecule has 0 saturated heterocycles. The number of ether oxygens (including phenoxy) is 6. The van der Waals surface area contributed by atoms with Gasteiger partial charge >= 0.3 is 0 Å². The second kappa shape index (κ2) is 28.8. The largest absolute Gasteiger partial charge is 0.496 e. The number of aryl methyl sites for hydroxylation is 3. The molecule has 0 unspecified atom stereocenters. The first-order valence-corrected chi connectivity index (χ1v) is 36.0. The van der Waals surface area contributed by atoms with E-state index >= 15 is 0 Å². The fourth-order valence-corrected chi connectivity index (χ4v) is 14.0. The van der Waals surface area contributed by atoms with Gasteiger partial charge in [-0.15, -0.1) is 0 Å². The van der Waals surface area contributed by atoms with Gasteiger partial charge in [0.25, 0.3) is 0 Å². The van der Waals surface area contributed by atoms with Crippen molar-refractivity contribution in [3.8, 4) is 34.5 Å². The second-order valence-corrected chi connectivity index (χ2v) is 33.7. The topological polar surface area (TPSA) is 109 Å². The average molecular weight is 1340 g/mol. The number of nitrogens with zero attached hydrogens (tertiary/aromatic N) is 6. The number of hydrogen-bond donors (Lipinski definition) is 0. The zero-order chi connectivity index (χ0) is 71.9. The Bertz CT molecular complexity index is 3770. The molecule has 12 bridgehead atoms. The molecule has 12 heteroatoms. The van der Waals surface area contributed by atoms with Crippen LogP contribution in [0.4, 0.5) is 0 Å². The molecule has 3 heterocycles. The van der Waals surface area contributed by atoms with Crippen molar-refractivity contribution in [2.45, 2.75) is 256 Å². The Hall–Kier alpha value is -8.25. The number of imidazole rings is 3. The smallest absolute Gasteiger partial charge is 0.146 e. The van der Waals surface area contributed by atoms with Crippen LogP contribution in [0.15, 0.2) is 110 Å². The molecule has 0 N–H and O–H groups in total. The normalized spacial score (nSPS) is 13.5. The van der Waals surface area contributed by atoms with Crippen molar-refractivity contribution in [1.82, 2.24) is 28.7 Å². The minimum Gasteiger partial charge on any atom is -0.496 e. The van der Waals surface area contributed by atoms with Gasteiger partial charge in [-0.25, -0.2) is 15.0 Å². The highest BCUT2D eigenvalue weighted by Gasteiger charge is 2.32. The first-order valence-electron chi connectivity index (χ1n) is 36.0. The van der Waals surface area contributed by atoms with Crippen LogP contribution in [-0.2, 0) is 110 Å². The minimum atomic E-state index is -0.242. The Morgan fingerprint density at radius 2 is 0.434 bits per heavy atom. The van der Waals surface area contributed by atoms with Crippen molar-refractivity contribution in [1.29, 1.82) is 0 Å². The van der Waals surface area contributed by atoms with Crippen molar-refractivity contribution in [3.63, 3.8) is 0 Å². The summed E-state index contributed by atoms with van der Waals surface area (Å²) < 4.78 is 49.4. The molecule has 12 nitrogen and oxygen atoms in total. The van der Waals surface area contributed by atoms with Gasteiger partial charge in [-0.2, -0.15) is 0 Å². The summed E-state index contributed by atoms with van der Waals surface area (Å²) >= 11 is 0. The predicted molar refractivity (Wildman–Crippen MR) is 404 cm³/mol. The standard InChI is InChI=1S/C87H114N6O6/c1-25-91-31-28-88-73(91)52-97-79-61-34-55-40-67(82(4,5)6)42-57(76(55)94-22)36-63-48-71(86(16,17)18)50-65(80(63)98-53-74-89-29-32-92(74)26-2)38-59-44-69(84(10,11)12)45-60(78(59)96-24)39-66-51-72(87(19,20)21)49-64(81(66)99-54-75-90-30-33-93(75)27-3)37-58-43-68(83(7,8)9)41-56(77(58)95-23)35-62(79)47-70(46-61)85(13,14)15/h28-33,40-51H,25-27,34-39,52-54H2,1-24H3. The van der Waals surface area contributed by atoms with Gasteiger partial charge in [0.2, 0.25) is 0 Å². The van der Waals surface area contributed by atoms with Crippen LogP contribution in [0.25, 0.3) is 0 Å². The van der Waals surface area contributed by atoms with Crippen LogP contribution < -0.4 is 28.4 Å². The van der Waals surface area contributed by atoms with Gasteiger partial charge < -0.3 is 42.1 Å². The molecule has 1 aliphatic carbocycles. The van der Waals surface area contributed by atoms with Crippen LogP contribution >= 0.6 is 0 Å². The van der Waals surface area contributed by atoms with Gasteiger partial charge in [-0.3, -0.25) is 0 Å².